The predicted octanol–water partition coefficient (Wildman–Crippen LogP) is 4.09. The number of hydrogen-bond donors (Lipinski definition) is 0. The fourth-order valence-electron chi connectivity index (χ4n) is 2.07. The van der Waals surface area contributed by atoms with E-state index in [0.717, 1.165) is 0 Å². The maximum Gasteiger partial charge on any atom is 0.0366 e. The second kappa shape index (κ2) is 6.49. The average molecular weight is 205 g/mol. The lowest BCUT2D eigenvalue weighted by Crippen LogP contribution is -2.31. The monoisotopic (exact) mass is 205 g/mol. The van der Waals surface area contributed by atoms with Gasteiger partial charge in [0.2, 0.25) is 0 Å². The molecule has 0 saturated carbocycles. The minimum Gasteiger partial charge on any atom is -0.372 e. The number of nitrogens with zero attached hydrogens (tertiary/aromatic N) is 1. The molecule has 0 heterocycles. The number of para-hydroxylation sites is 1. The summed E-state index contributed by atoms with van der Waals surface area (Å²) in [7, 11) is 2.21. The standard InChI is InChI=1S/C14H23N/c1-4-9-13(10-5-2)15(3)14-11-7-6-8-12-14/h6-8,11-13H,4-5,9-10H2,1-3H3. The first-order valence-electron chi connectivity index (χ1n) is 6.07. The van der Waals surface area contributed by atoms with Crippen LogP contribution in [0.15, 0.2) is 30.3 Å². The molecule has 0 spiro atoms. The molecule has 1 aromatic rings. The van der Waals surface area contributed by atoms with E-state index in [1.54, 1.807) is 0 Å². The van der Waals surface area contributed by atoms with Crippen LogP contribution < -0.4 is 4.90 Å². The highest BCUT2D eigenvalue weighted by atomic mass is 15.1. The smallest absolute Gasteiger partial charge is 0.0366 e. The molecule has 0 atom stereocenters. The highest BCUT2D eigenvalue weighted by Crippen LogP contribution is 2.19. The van der Waals surface area contributed by atoms with Crippen molar-refractivity contribution in [2.75, 3.05) is 11.9 Å². The van der Waals surface area contributed by atoms with Gasteiger partial charge in [0.25, 0.3) is 0 Å². The number of hydrogen-bond acceptors (Lipinski definition) is 1. The quantitative estimate of drug-likeness (QED) is 0.676. The van der Waals surface area contributed by atoms with E-state index in [0.29, 0.717) is 6.04 Å². The van der Waals surface area contributed by atoms with Crippen molar-refractivity contribution in [3.8, 4) is 0 Å². The molecule has 1 nitrogen and oxygen atoms in total. The van der Waals surface area contributed by atoms with Crippen LogP contribution in [0.1, 0.15) is 39.5 Å². The second-order valence-electron chi connectivity index (χ2n) is 4.18. The predicted molar refractivity (Wildman–Crippen MR) is 68.4 cm³/mol. The van der Waals surface area contributed by atoms with Crippen molar-refractivity contribution in [1.29, 1.82) is 0 Å². The van der Waals surface area contributed by atoms with Crippen molar-refractivity contribution in [3.63, 3.8) is 0 Å². The van der Waals surface area contributed by atoms with E-state index in [-0.39, 0.29) is 0 Å². The summed E-state index contributed by atoms with van der Waals surface area (Å²) in [6.07, 6.45) is 5.11. The van der Waals surface area contributed by atoms with Gasteiger partial charge in [-0.15, -0.1) is 0 Å². The van der Waals surface area contributed by atoms with E-state index in [4.69, 9.17) is 0 Å². The topological polar surface area (TPSA) is 3.24 Å². The molecule has 0 N–H and O–H groups in total. The Hall–Kier alpha value is -0.980. The lowest BCUT2D eigenvalue weighted by molar-refractivity contribution is 0.528. The van der Waals surface area contributed by atoms with Gasteiger partial charge in [0.15, 0.2) is 0 Å². The SMILES string of the molecule is CCCC(CCC)N(C)c1ccccc1. The molecule has 0 aliphatic heterocycles. The van der Waals surface area contributed by atoms with Crippen molar-refractivity contribution in [1.82, 2.24) is 0 Å². The molecule has 0 aliphatic carbocycles. The minimum absolute atomic E-state index is 0.697. The summed E-state index contributed by atoms with van der Waals surface area (Å²) in [6, 6.07) is 11.4. The Kier molecular flexibility index (Phi) is 5.23. The van der Waals surface area contributed by atoms with E-state index < -0.39 is 0 Å². The molecule has 0 radical (unpaired) electrons. The van der Waals surface area contributed by atoms with Crippen LogP contribution in [0.5, 0.6) is 0 Å². The molecule has 0 saturated heterocycles. The Morgan fingerprint density at radius 3 is 2.00 bits per heavy atom. The first-order valence-corrected chi connectivity index (χ1v) is 6.07. The van der Waals surface area contributed by atoms with Crippen LogP contribution in [0.3, 0.4) is 0 Å². The minimum atomic E-state index is 0.697. The van der Waals surface area contributed by atoms with Gasteiger partial charge in [-0.3, -0.25) is 0 Å². The Morgan fingerprint density at radius 2 is 1.53 bits per heavy atom. The summed E-state index contributed by atoms with van der Waals surface area (Å²) < 4.78 is 0. The van der Waals surface area contributed by atoms with Gasteiger partial charge in [0.05, 0.1) is 0 Å². The highest BCUT2D eigenvalue weighted by molar-refractivity contribution is 5.46. The molecule has 0 aromatic heterocycles. The normalized spacial score (nSPS) is 10.7. The molecule has 0 aliphatic rings. The van der Waals surface area contributed by atoms with Crippen LogP contribution in [0.4, 0.5) is 5.69 Å². The van der Waals surface area contributed by atoms with Crippen molar-refractivity contribution in [2.45, 2.75) is 45.6 Å². The van der Waals surface area contributed by atoms with Crippen LogP contribution in [0, 0.1) is 0 Å². The molecular weight excluding hydrogens is 182 g/mol. The third-order valence-corrected chi connectivity index (χ3v) is 2.95. The van der Waals surface area contributed by atoms with Crippen molar-refractivity contribution in [3.05, 3.63) is 30.3 Å². The fraction of sp³-hybridized carbons (Fsp3) is 0.571. The molecular formula is C14H23N. The van der Waals surface area contributed by atoms with Gasteiger partial charge in [-0.1, -0.05) is 44.9 Å². The molecule has 84 valence electrons. The van der Waals surface area contributed by atoms with Gasteiger partial charge in [-0.25, -0.2) is 0 Å². The zero-order valence-electron chi connectivity index (χ0n) is 10.2. The summed E-state index contributed by atoms with van der Waals surface area (Å²) in [4.78, 5) is 2.42. The fourth-order valence-corrected chi connectivity index (χ4v) is 2.07. The molecule has 0 fully saturated rings. The number of anilines is 1. The largest absolute Gasteiger partial charge is 0.372 e. The Bertz CT molecular complexity index is 249. The first kappa shape index (κ1) is 12.1. The number of rotatable bonds is 6. The number of benzene rings is 1. The van der Waals surface area contributed by atoms with Crippen LogP contribution in [0.25, 0.3) is 0 Å². The van der Waals surface area contributed by atoms with E-state index in [1.165, 1.54) is 31.4 Å². The molecule has 1 aromatic carbocycles. The van der Waals surface area contributed by atoms with Crippen molar-refractivity contribution < 1.29 is 0 Å². The second-order valence-corrected chi connectivity index (χ2v) is 4.18. The Balaban J connectivity index is 2.67. The molecule has 0 amide bonds. The third kappa shape index (κ3) is 3.58. The van der Waals surface area contributed by atoms with Crippen LogP contribution in [0.2, 0.25) is 0 Å². The van der Waals surface area contributed by atoms with Gasteiger partial charge in [-0.2, -0.15) is 0 Å². The summed E-state index contributed by atoms with van der Waals surface area (Å²) in [6.45, 7) is 4.53. The van der Waals surface area contributed by atoms with Gasteiger partial charge in [-0.05, 0) is 25.0 Å². The molecule has 15 heavy (non-hydrogen) atoms. The van der Waals surface area contributed by atoms with Crippen molar-refractivity contribution >= 4 is 5.69 Å². The molecule has 0 unspecified atom stereocenters. The Morgan fingerprint density at radius 1 is 1.00 bits per heavy atom. The van der Waals surface area contributed by atoms with Crippen LogP contribution in [-0.4, -0.2) is 13.1 Å². The summed E-state index contributed by atoms with van der Waals surface area (Å²) in [5.41, 5.74) is 1.34. The van der Waals surface area contributed by atoms with Crippen LogP contribution >= 0.6 is 0 Å². The van der Waals surface area contributed by atoms with Gasteiger partial charge >= 0.3 is 0 Å². The van der Waals surface area contributed by atoms with Gasteiger partial charge < -0.3 is 4.90 Å². The summed E-state index contributed by atoms with van der Waals surface area (Å²) in [5, 5.41) is 0. The lowest BCUT2D eigenvalue weighted by atomic mass is 10.0. The van der Waals surface area contributed by atoms with E-state index in [2.05, 4.69) is 56.1 Å². The van der Waals surface area contributed by atoms with Gasteiger partial charge in [0.1, 0.15) is 0 Å². The molecule has 0 bridgehead atoms. The maximum absolute atomic E-state index is 2.42. The lowest BCUT2D eigenvalue weighted by Gasteiger charge is -2.29. The van der Waals surface area contributed by atoms with E-state index >= 15 is 0 Å². The van der Waals surface area contributed by atoms with Crippen LogP contribution in [-0.2, 0) is 0 Å². The first-order chi connectivity index (χ1) is 7.29. The summed E-state index contributed by atoms with van der Waals surface area (Å²) in [5.74, 6) is 0. The zero-order valence-corrected chi connectivity index (χ0v) is 10.2. The maximum atomic E-state index is 2.42. The molecule has 1 heteroatoms. The average Bonchev–Trinajstić information content (AvgIpc) is 2.29. The van der Waals surface area contributed by atoms with Gasteiger partial charge in [0, 0.05) is 18.8 Å². The highest BCUT2D eigenvalue weighted by Gasteiger charge is 2.12. The zero-order chi connectivity index (χ0) is 11.1. The Labute approximate surface area is 94.1 Å². The molecule has 1 rings (SSSR count). The summed E-state index contributed by atoms with van der Waals surface area (Å²) >= 11 is 0. The van der Waals surface area contributed by atoms with E-state index in [1.807, 2.05) is 0 Å². The van der Waals surface area contributed by atoms with Crippen molar-refractivity contribution in [2.24, 2.45) is 0 Å². The van der Waals surface area contributed by atoms with E-state index in [9.17, 15) is 0 Å². The third-order valence-electron chi connectivity index (χ3n) is 2.95.